The highest BCUT2D eigenvalue weighted by atomic mass is 32.2. The van der Waals surface area contributed by atoms with Crippen molar-refractivity contribution < 1.29 is 18.0 Å². The monoisotopic (exact) mass is 444 g/mol. The van der Waals surface area contributed by atoms with E-state index in [1.807, 2.05) is 0 Å². The molecular weight excluding hydrogens is 416 g/mol. The topological polar surface area (TPSA) is 99.5 Å². The van der Waals surface area contributed by atoms with Gasteiger partial charge in [-0.1, -0.05) is 36.4 Å². The fourth-order valence-electron chi connectivity index (χ4n) is 2.95. The maximum atomic E-state index is 12.8. The Labute approximate surface area is 183 Å². The van der Waals surface area contributed by atoms with Crippen molar-refractivity contribution in [2.75, 3.05) is 34.7 Å². The predicted octanol–water partition coefficient (Wildman–Crippen LogP) is 3.08. The minimum atomic E-state index is -3.68. The summed E-state index contributed by atoms with van der Waals surface area (Å²) in [6.45, 7) is 3.02. The molecule has 0 aliphatic carbocycles. The first-order chi connectivity index (χ1) is 14.5. The molecule has 0 saturated carbocycles. The first kappa shape index (κ1) is 24.4. The summed E-state index contributed by atoms with van der Waals surface area (Å²) >= 11 is 0. The van der Waals surface area contributed by atoms with Crippen LogP contribution in [0.25, 0.3) is 0 Å². The molecule has 0 aromatic heterocycles. The van der Waals surface area contributed by atoms with E-state index in [1.165, 1.54) is 25.9 Å². The van der Waals surface area contributed by atoms with E-state index in [2.05, 4.69) is 10.2 Å². The third-order valence-electron chi connectivity index (χ3n) is 4.82. The smallest absolute Gasteiger partial charge is 0.245 e. The summed E-state index contributed by atoms with van der Waals surface area (Å²) in [5, 5.41) is 8.40. The van der Waals surface area contributed by atoms with Crippen LogP contribution in [0.5, 0.6) is 0 Å². The average molecular weight is 445 g/mol. The van der Waals surface area contributed by atoms with E-state index in [9.17, 15) is 18.0 Å². The molecule has 2 rings (SSSR count). The van der Waals surface area contributed by atoms with E-state index in [4.69, 9.17) is 0 Å². The first-order valence-electron chi connectivity index (χ1n) is 9.66. The Morgan fingerprint density at radius 1 is 1.03 bits per heavy atom. The number of hydrogen-bond donors (Lipinski definition) is 0. The zero-order chi connectivity index (χ0) is 23.3. The summed E-state index contributed by atoms with van der Waals surface area (Å²) in [7, 11) is 2.50. The molecular formula is C22H28N4O4S. The number of amides is 1. The molecule has 0 fully saturated rings. The van der Waals surface area contributed by atoms with Gasteiger partial charge in [-0.05, 0) is 36.6 Å². The van der Waals surface area contributed by atoms with Crippen molar-refractivity contribution in [1.82, 2.24) is 9.21 Å². The summed E-state index contributed by atoms with van der Waals surface area (Å²) in [6, 6.07) is 11.3. The van der Waals surface area contributed by atoms with Crippen LogP contribution in [0.4, 0.5) is 0 Å². The van der Waals surface area contributed by atoms with Gasteiger partial charge >= 0.3 is 0 Å². The van der Waals surface area contributed by atoms with Crippen molar-refractivity contribution in [3.05, 3.63) is 64.7 Å². The number of benzene rings is 2. The van der Waals surface area contributed by atoms with Crippen LogP contribution in [-0.4, -0.2) is 64.0 Å². The summed E-state index contributed by atoms with van der Waals surface area (Å²) in [5.41, 5.74) is 2.20. The Balaban J connectivity index is 2.66. The third kappa shape index (κ3) is 5.62. The normalized spacial score (nSPS) is 12.9. The minimum absolute atomic E-state index is 0.145. The lowest BCUT2D eigenvalue weighted by molar-refractivity contribution is -0.127. The van der Waals surface area contributed by atoms with Gasteiger partial charge in [0, 0.05) is 33.8 Å². The Kier molecular flexibility index (Phi) is 7.80. The minimum Gasteiger partial charge on any atom is -0.347 e. The highest BCUT2D eigenvalue weighted by Crippen LogP contribution is 2.32. The van der Waals surface area contributed by atoms with Gasteiger partial charge in [-0.25, -0.2) is 12.7 Å². The van der Waals surface area contributed by atoms with E-state index < -0.39 is 16.1 Å². The molecule has 0 aliphatic heterocycles. The van der Waals surface area contributed by atoms with Crippen LogP contribution in [0.2, 0.25) is 0 Å². The first-order valence-corrected chi connectivity index (χ1v) is 11.1. The molecule has 0 heterocycles. The van der Waals surface area contributed by atoms with Crippen molar-refractivity contribution in [2.24, 2.45) is 10.2 Å². The second kappa shape index (κ2) is 9.93. The van der Waals surface area contributed by atoms with Crippen molar-refractivity contribution in [3.63, 3.8) is 0 Å². The van der Waals surface area contributed by atoms with Gasteiger partial charge in [-0.3, -0.25) is 9.59 Å². The number of rotatable bonds is 8. The zero-order valence-electron chi connectivity index (χ0n) is 18.7. The zero-order valence-corrected chi connectivity index (χ0v) is 19.5. The van der Waals surface area contributed by atoms with E-state index in [1.54, 1.807) is 63.5 Å². The van der Waals surface area contributed by atoms with Crippen LogP contribution in [0, 0.1) is 6.92 Å². The van der Waals surface area contributed by atoms with Gasteiger partial charge in [0.15, 0.2) is 5.78 Å². The highest BCUT2D eigenvalue weighted by Gasteiger charge is 2.24. The summed E-state index contributed by atoms with van der Waals surface area (Å²) in [4.78, 5) is 25.7. The molecule has 0 spiro atoms. The van der Waals surface area contributed by atoms with Crippen LogP contribution in [-0.2, 0) is 14.8 Å². The lowest BCUT2D eigenvalue weighted by Crippen LogP contribution is -2.24. The van der Waals surface area contributed by atoms with Gasteiger partial charge in [-0.15, -0.1) is 0 Å². The number of ketones is 1. The average Bonchev–Trinajstić information content (AvgIpc) is 2.71. The number of nitrogens with zero attached hydrogens (tertiary/aromatic N) is 4. The molecule has 0 saturated heterocycles. The molecule has 166 valence electrons. The van der Waals surface area contributed by atoms with E-state index in [0.29, 0.717) is 22.3 Å². The Morgan fingerprint density at radius 2 is 1.68 bits per heavy atom. The third-order valence-corrected chi connectivity index (χ3v) is 6.78. The van der Waals surface area contributed by atoms with Gasteiger partial charge < -0.3 is 4.90 Å². The lowest BCUT2D eigenvalue weighted by Gasteiger charge is -2.19. The van der Waals surface area contributed by atoms with E-state index in [-0.39, 0.29) is 23.1 Å². The molecule has 2 aromatic carbocycles. The second-order valence-electron chi connectivity index (χ2n) is 7.56. The maximum Gasteiger partial charge on any atom is 0.245 e. The standard InChI is InChI=1S/C22H28N4O4S/c1-15-11-12-17(13-20(15)31(29,30)26(5)6)22(24-23-14-21(28)25(3)4)19-10-8-7-9-18(19)16(2)27/h7-13,22H,14H2,1-6H3. The van der Waals surface area contributed by atoms with E-state index >= 15 is 0 Å². The van der Waals surface area contributed by atoms with Gasteiger partial charge in [0.1, 0.15) is 12.6 Å². The highest BCUT2D eigenvalue weighted by molar-refractivity contribution is 7.89. The molecule has 1 amide bonds. The van der Waals surface area contributed by atoms with Gasteiger partial charge in [0.25, 0.3) is 0 Å². The molecule has 9 heteroatoms. The van der Waals surface area contributed by atoms with Crippen LogP contribution >= 0.6 is 0 Å². The number of Topliss-reactive ketones (excluding diaryl/α,β-unsaturated/α-hetero) is 1. The number of sulfonamides is 1. The largest absolute Gasteiger partial charge is 0.347 e. The summed E-state index contributed by atoms with van der Waals surface area (Å²) in [5.74, 6) is -0.365. The number of likely N-dealkylation sites (N-methyl/N-ethyl adjacent to an activating group) is 1. The lowest BCUT2D eigenvalue weighted by atomic mass is 9.93. The number of carbonyl (C=O) groups is 2. The van der Waals surface area contributed by atoms with Crippen molar-refractivity contribution in [1.29, 1.82) is 0 Å². The Morgan fingerprint density at radius 3 is 2.26 bits per heavy atom. The molecule has 1 unspecified atom stereocenters. The SMILES string of the molecule is CC(=O)c1ccccc1C(N=NCC(=O)N(C)C)c1ccc(C)c(S(=O)(=O)N(C)C)c1. The number of carbonyl (C=O) groups excluding carboxylic acids is 2. The van der Waals surface area contributed by atoms with Crippen molar-refractivity contribution in [3.8, 4) is 0 Å². The van der Waals surface area contributed by atoms with Crippen LogP contribution < -0.4 is 0 Å². The number of aryl methyl sites for hydroxylation is 1. The second-order valence-corrected chi connectivity index (χ2v) is 9.68. The van der Waals surface area contributed by atoms with Crippen molar-refractivity contribution in [2.45, 2.75) is 24.8 Å². The molecule has 1 atom stereocenters. The summed E-state index contributed by atoms with van der Waals surface area (Å²) in [6.07, 6.45) is 0. The fraction of sp³-hybridized carbons (Fsp3) is 0.364. The predicted molar refractivity (Wildman–Crippen MR) is 119 cm³/mol. The number of hydrogen-bond acceptors (Lipinski definition) is 6. The quantitative estimate of drug-likeness (QED) is 0.461. The molecule has 8 nitrogen and oxygen atoms in total. The van der Waals surface area contributed by atoms with Gasteiger partial charge in [0.05, 0.1) is 4.90 Å². The molecule has 0 N–H and O–H groups in total. The Bertz CT molecular complexity index is 1110. The van der Waals surface area contributed by atoms with E-state index in [0.717, 1.165) is 4.31 Å². The van der Waals surface area contributed by atoms with Crippen LogP contribution in [0.3, 0.4) is 0 Å². The molecule has 0 aliphatic rings. The van der Waals surface area contributed by atoms with Gasteiger partial charge in [0.2, 0.25) is 15.9 Å². The Hall–Kier alpha value is -2.91. The van der Waals surface area contributed by atoms with Crippen LogP contribution in [0.15, 0.2) is 57.6 Å². The number of azo groups is 1. The molecule has 0 radical (unpaired) electrons. The van der Waals surface area contributed by atoms with Crippen molar-refractivity contribution >= 4 is 21.7 Å². The maximum absolute atomic E-state index is 12.8. The molecule has 2 aromatic rings. The molecule has 0 bridgehead atoms. The van der Waals surface area contributed by atoms with Gasteiger partial charge in [-0.2, -0.15) is 10.2 Å². The summed E-state index contributed by atoms with van der Waals surface area (Å²) < 4.78 is 26.7. The molecule has 31 heavy (non-hydrogen) atoms. The van der Waals surface area contributed by atoms with Crippen LogP contribution in [0.1, 0.15) is 40.0 Å². The fourth-order valence-corrected chi connectivity index (χ4v) is 4.10.